The molecule has 0 radical (unpaired) electrons. The van der Waals surface area contributed by atoms with Crippen LogP contribution in [-0.2, 0) is 11.6 Å². The number of aliphatic hydroxyl groups is 1. The predicted octanol–water partition coefficient (Wildman–Crippen LogP) is 6.33. The highest BCUT2D eigenvalue weighted by atomic mass is 19.4. The van der Waals surface area contributed by atoms with Crippen LogP contribution in [-0.4, -0.2) is 34.7 Å². The molecule has 0 aromatic heterocycles. The average Bonchev–Trinajstić information content (AvgIpc) is 2.61. The average molecular weight is 412 g/mol. The molecule has 1 N–H and O–H groups in total. The molecule has 2 nitrogen and oxygen atoms in total. The van der Waals surface area contributed by atoms with Crippen molar-refractivity contribution < 1.29 is 18.3 Å². The van der Waals surface area contributed by atoms with Crippen LogP contribution in [0.25, 0.3) is 0 Å². The van der Waals surface area contributed by atoms with Gasteiger partial charge in [-0.05, 0) is 76.0 Å². The van der Waals surface area contributed by atoms with E-state index in [0.29, 0.717) is 6.04 Å². The first-order valence-corrected chi connectivity index (χ1v) is 10.6. The second-order valence-corrected chi connectivity index (χ2v) is 9.70. The van der Waals surface area contributed by atoms with Gasteiger partial charge in [-0.15, -0.1) is 0 Å². The topological polar surface area (TPSA) is 23.5 Å². The fourth-order valence-electron chi connectivity index (χ4n) is 3.97. The normalized spacial score (nSPS) is 19.1. The number of benzene rings is 1. The predicted molar refractivity (Wildman–Crippen MR) is 113 cm³/mol. The van der Waals surface area contributed by atoms with Gasteiger partial charge in [0.05, 0.1) is 11.2 Å². The summed E-state index contributed by atoms with van der Waals surface area (Å²) in [6.07, 6.45) is 2.36. The highest BCUT2D eigenvalue weighted by Crippen LogP contribution is 2.35. The quantitative estimate of drug-likeness (QED) is 0.530. The van der Waals surface area contributed by atoms with Crippen molar-refractivity contribution in [2.24, 2.45) is 0 Å². The van der Waals surface area contributed by atoms with E-state index in [1.807, 2.05) is 6.92 Å². The second-order valence-electron chi connectivity index (χ2n) is 9.70. The first-order valence-electron chi connectivity index (χ1n) is 10.6. The summed E-state index contributed by atoms with van der Waals surface area (Å²) < 4.78 is 38.6. The molecule has 1 heterocycles. The molecule has 164 valence electrons. The van der Waals surface area contributed by atoms with Gasteiger partial charge in [-0.25, -0.2) is 0 Å². The van der Waals surface area contributed by atoms with Crippen molar-refractivity contribution in [3.05, 3.63) is 47.0 Å². The van der Waals surface area contributed by atoms with Crippen LogP contribution in [0.3, 0.4) is 0 Å². The van der Waals surface area contributed by atoms with Crippen LogP contribution >= 0.6 is 0 Å². The van der Waals surface area contributed by atoms with E-state index in [-0.39, 0.29) is 5.41 Å². The van der Waals surface area contributed by atoms with Gasteiger partial charge >= 0.3 is 6.18 Å². The van der Waals surface area contributed by atoms with Gasteiger partial charge in [0.15, 0.2) is 0 Å². The highest BCUT2D eigenvalue weighted by molar-refractivity contribution is 5.29. The molecule has 1 aliphatic rings. The molecule has 1 saturated heterocycles. The van der Waals surface area contributed by atoms with Gasteiger partial charge in [0.1, 0.15) is 0 Å². The maximum Gasteiger partial charge on any atom is 0.416 e. The molecule has 1 aromatic carbocycles. The first kappa shape index (κ1) is 23.9. The number of hydrogen-bond donors (Lipinski definition) is 1. The van der Waals surface area contributed by atoms with Crippen molar-refractivity contribution in [3.8, 4) is 0 Å². The van der Waals surface area contributed by atoms with E-state index in [1.54, 1.807) is 12.1 Å². The Labute approximate surface area is 173 Å². The summed E-state index contributed by atoms with van der Waals surface area (Å²) in [7, 11) is 0. The first-order chi connectivity index (χ1) is 13.3. The number of likely N-dealkylation sites (tertiary alicyclic amines) is 1. The van der Waals surface area contributed by atoms with Gasteiger partial charge in [-0.2, -0.15) is 13.2 Å². The zero-order valence-electron chi connectivity index (χ0n) is 18.4. The summed E-state index contributed by atoms with van der Waals surface area (Å²) in [5.74, 6) is 0. The third-order valence-electron chi connectivity index (χ3n) is 6.29. The van der Waals surface area contributed by atoms with Crippen molar-refractivity contribution in [3.63, 3.8) is 0 Å². The van der Waals surface area contributed by atoms with Crippen molar-refractivity contribution >= 4 is 0 Å². The minimum atomic E-state index is -4.30. The fraction of sp³-hybridized carbons (Fsp3) is 0.667. The lowest BCUT2D eigenvalue weighted by Crippen LogP contribution is -2.47. The summed E-state index contributed by atoms with van der Waals surface area (Å²) in [5, 5.41) is 10.3. The van der Waals surface area contributed by atoms with E-state index < -0.39 is 17.3 Å². The summed E-state index contributed by atoms with van der Waals surface area (Å²) in [4.78, 5) is 2.47. The summed E-state index contributed by atoms with van der Waals surface area (Å²) in [6, 6.07) is 5.99. The molecule has 1 aromatic rings. The Kier molecular flexibility index (Phi) is 7.61. The fourth-order valence-corrected chi connectivity index (χ4v) is 3.97. The van der Waals surface area contributed by atoms with Crippen LogP contribution in [0.15, 0.2) is 35.9 Å². The minimum Gasteiger partial charge on any atom is -0.390 e. The lowest BCUT2D eigenvalue weighted by Gasteiger charge is -2.41. The molecular weight excluding hydrogens is 375 g/mol. The number of piperidine rings is 1. The van der Waals surface area contributed by atoms with E-state index in [0.717, 1.165) is 50.8 Å². The molecule has 0 spiro atoms. The lowest BCUT2D eigenvalue weighted by molar-refractivity contribution is -0.137. The van der Waals surface area contributed by atoms with Crippen LogP contribution in [0.2, 0.25) is 0 Å². The Bertz CT molecular complexity index is 675. The van der Waals surface area contributed by atoms with E-state index in [4.69, 9.17) is 0 Å². The van der Waals surface area contributed by atoms with Crippen LogP contribution in [0, 0.1) is 0 Å². The molecule has 2 rings (SSSR count). The van der Waals surface area contributed by atoms with Crippen molar-refractivity contribution in [2.75, 3.05) is 13.1 Å². The summed E-state index contributed by atoms with van der Waals surface area (Å²) in [6.45, 7) is 12.1. The van der Waals surface area contributed by atoms with E-state index in [2.05, 4.69) is 38.7 Å². The van der Waals surface area contributed by atoms with Gasteiger partial charge < -0.3 is 5.11 Å². The van der Waals surface area contributed by atoms with Crippen LogP contribution in [0.1, 0.15) is 77.8 Å². The van der Waals surface area contributed by atoms with Gasteiger partial charge in [0.25, 0.3) is 0 Å². The zero-order valence-corrected chi connectivity index (χ0v) is 18.4. The standard InChI is InChI=1S/C24H36F3NO/c1-18(2)6-11-21(28-16-14-23(5,29)15-17-28)12-13-22(3,4)19-7-9-20(10-8-19)24(25,26)27/h6-10,21,29H,11-17H2,1-5H3/t21-/m0/s1. The molecular formula is C24H36F3NO. The van der Waals surface area contributed by atoms with E-state index in [9.17, 15) is 18.3 Å². The number of alkyl halides is 3. The zero-order chi connectivity index (χ0) is 21.9. The molecule has 1 atom stereocenters. The van der Waals surface area contributed by atoms with E-state index >= 15 is 0 Å². The van der Waals surface area contributed by atoms with Crippen molar-refractivity contribution in [1.29, 1.82) is 0 Å². The number of halogens is 3. The molecule has 29 heavy (non-hydrogen) atoms. The Balaban J connectivity index is 2.07. The van der Waals surface area contributed by atoms with Gasteiger partial charge in [0.2, 0.25) is 0 Å². The van der Waals surface area contributed by atoms with Crippen molar-refractivity contribution in [2.45, 2.75) is 90.0 Å². The number of nitrogens with zero attached hydrogens (tertiary/aromatic N) is 1. The number of allylic oxidation sites excluding steroid dienone is 1. The maximum absolute atomic E-state index is 12.9. The van der Waals surface area contributed by atoms with Crippen LogP contribution in [0.4, 0.5) is 13.2 Å². The van der Waals surface area contributed by atoms with Crippen LogP contribution in [0.5, 0.6) is 0 Å². The monoisotopic (exact) mass is 411 g/mol. The Morgan fingerprint density at radius 1 is 1.10 bits per heavy atom. The third-order valence-corrected chi connectivity index (χ3v) is 6.29. The maximum atomic E-state index is 12.9. The Morgan fingerprint density at radius 2 is 1.62 bits per heavy atom. The lowest BCUT2D eigenvalue weighted by atomic mass is 9.78. The largest absolute Gasteiger partial charge is 0.416 e. The SMILES string of the molecule is CC(C)=CC[C@@H](CCC(C)(C)c1ccc(C(F)(F)F)cc1)N1CCC(C)(O)CC1. The number of rotatable bonds is 7. The van der Waals surface area contributed by atoms with Crippen molar-refractivity contribution in [1.82, 2.24) is 4.90 Å². The smallest absolute Gasteiger partial charge is 0.390 e. The summed E-state index contributed by atoms with van der Waals surface area (Å²) >= 11 is 0. The molecule has 1 aliphatic heterocycles. The highest BCUT2D eigenvalue weighted by Gasteiger charge is 2.33. The molecule has 0 saturated carbocycles. The molecule has 0 bridgehead atoms. The molecule has 5 heteroatoms. The molecule has 0 amide bonds. The Hall–Kier alpha value is -1.33. The number of hydrogen-bond acceptors (Lipinski definition) is 2. The van der Waals surface area contributed by atoms with E-state index in [1.165, 1.54) is 17.7 Å². The third kappa shape index (κ3) is 7.14. The van der Waals surface area contributed by atoms with Crippen LogP contribution < -0.4 is 0 Å². The molecule has 0 unspecified atom stereocenters. The second kappa shape index (κ2) is 9.22. The molecule has 1 fully saturated rings. The van der Waals surface area contributed by atoms with Gasteiger partial charge in [-0.1, -0.05) is 37.6 Å². The summed E-state index contributed by atoms with van der Waals surface area (Å²) in [5.41, 5.74) is 0.860. The Morgan fingerprint density at radius 3 is 2.10 bits per heavy atom. The van der Waals surface area contributed by atoms with Gasteiger partial charge in [-0.3, -0.25) is 4.90 Å². The minimum absolute atomic E-state index is 0.200. The molecule has 0 aliphatic carbocycles. The van der Waals surface area contributed by atoms with Gasteiger partial charge in [0, 0.05) is 19.1 Å².